The van der Waals surface area contributed by atoms with Gasteiger partial charge in [-0.1, -0.05) is 33.1 Å². The summed E-state index contributed by atoms with van der Waals surface area (Å²) in [6.45, 7) is 6.09. The third-order valence-corrected chi connectivity index (χ3v) is 4.43. The molecule has 0 heterocycles. The fourth-order valence-corrected chi connectivity index (χ4v) is 2.67. The first kappa shape index (κ1) is 14.5. The number of hydrogen-bond donors (Lipinski definition) is 2. The van der Waals surface area contributed by atoms with E-state index in [9.17, 15) is 4.79 Å². The zero-order valence-corrected chi connectivity index (χ0v) is 11.6. The standard InChI is InChI=1S/C14H28N2O/c1-4-14(15,5-2)13(17)16-11(3)12-9-7-6-8-10-12/h11-12H,4-10,15H2,1-3H3,(H,16,17)/t11-/m1/s1. The zero-order valence-electron chi connectivity index (χ0n) is 11.6. The van der Waals surface area contributed by atoms with Gasteiger partial charge in [0.1, 0.15) is 0 Å². The Balaban J connectivity index is 2.49. The van der Waals surface area contributed by atoms with Crippen molar-refractivity contribution in [2.45, 2.75) is 77.3 Å². The molecule has 3 nitrogen and oxygen atoms in total. The first-order valence-corrected chi connectivity index (χ1v) is 7.13. The van der Waals surface area contributed by atoms with Gasteiger partial charge >= 0.3 is 0 Å². The summed E-state index contributed by atoms with van der Waals surface area (Å²) in [4.78, 5) is 12.1. The topological polar surface area (TPSA) is 55.1 Å². The molecule has 0 aromatic rings. The molecule has 0 unspecified atom stereocenters. The van der Waals surface area contributed by atoms with Crippen LogP contribution >= 0.6 is 0 Å². The number of nitrogens with one attached hydrogen (secondary N) is 1. The number of nitrogens with two attached hydrogens (primary N) is 1. The smallest absolute Gasteiger partial charge is 0.240 e. The second-order valence-corrected chi connectivity index (χ2v) is 5.52. The molecule has 1 rings (SSSR count). The first-order valence-electron chi connectivity index (χ1n) is 7.13. The Labute approximate surface area is 106 Å². The maximum Gasteiger partial charge on any atom is 0.240 e. The lowest BCUT2D eigenvalue weighted by atomic mass is 9.84. The molecule has 1 aliphatic rings. The largest absolute Gasteiger partial charge is 0.352 e. The van der Waals surface area contributed by atoms with E-state index in [1.54, 1.807) is 0 Å². The molecule has 1 amide bonds. The average molecular weight is 240 g/mol. The molecule has 0 aromatic carbocycles. The van der Waals surface area contributed by atoms with Crippen molar-refractivity contribution in [3.05, 3.63) is 0 Å². The molecule has 3 N–H and O–H groups in total. The minimum Gasteiger partial charge on any atom is -0.352 e. The Morgan fingerprint density at radius 1 is 1.29 bits per heavy atom. The molecule has 0 bridgehead atoms. The molecular weight excluding hydrogens is 212 g/mol. The summed E-state index contributed by atoms with van der Waals surface area (Å²) in [6, 6.07) is 0.267. The first-order chi connectivity index (χ1) is 8.03. The van der Waals surface area contributed by atoms with Crippen molar-refractivity contribution in [3.63, 3.8) is 0 Å². The summed E-state index contributed by atoms with van der Waals surface area (Å²) in [7, 11) is 0. The lowest BCUT2D eigenvalue weighted by Crippen LogP contribution is -2.56. The van der Waals surface area contributed by atoms with E-state index in [2.05, 4.69) is 12.2 Å². The molecule has 1 atom stereocenters. The highest BCUT2D eigenvalue weighted by atomic mass is 16.2. The van der Waals surface area contributed by atoms with E-state index in [4.69, 9.17) is 5.73 Å². The van der Waals surface area contributed by atoms with Gasteiger partial charge < -0.3 is 11.1 Å². The molecular formula is C14H28N2O. The highest BCUT2D eigenvalue weighted by molar-refractivity contribution is 5.86. The maximum atomic E-state index is 12.1. The predicted octanol–water partition coefficient (Wildman–Crippen LogP) is 2.59. The van der Waals surface area contributed by atoms with Crippen LogP contribution in [0.4, 0.5) is 0 Å². The van der Waals surface area contributed by atoms with Crippen LogP contribution in [-0.2, 0) is 4.79 Å². The van der Waals surface area contributed by atoms with Crippen molar-refractivity contribution in [2.24, 2.45) is 11.7 Å². The van der Waals surface area contributed by atoms with E-state index in [1.807, 2.05) is 13.8 Å². The Bertz CT molecular complexity index is 243. The molecule has 100 valence electrons. The summed E-state index contributed by atoms with van der Waals surface area (Å²) in [6.07, 6.45) is 7.86. The highest BCUT2D eigenvalue weighted by Gasteiger charge is 2.32. The molecule has 0 radical (unpaired) electrons. The van der Waals surface area contributed by atoms with Crippen LogP contribution in [0.1, 0.15) is 65.7 Å². The Morgan fingerprint density at radius 2 is 1.82 bits per heavy atom. The van der Waals surface area contributed by atoms with Gasteiger partial charge in [-0.05, 0) is 38.5 Å². The monoisotopic (exact) mass is 240 g/mol. The molecule has 0 spiro atoms. The van der Waals surface area contributed by atoms with E-state index in [-0.39, 0.29) is 11.9 Å². The normalized spacial score (nSPS) is 20.0. The van der Waals surface area contributed by atoms with Gasteiger partial charge in [0.15, 0.2) is 0 Å². The average Bonchev–Trinajstić information content (AvgIpc) is 2.38. The van der Waals surface area contributed by atoms with E-state index in [1.165, 1.54) is 32.1 Å². The third-order valence-electron chi connectivity index (χ3n) is 4.43. The van der Waals surface area contributed by atoms with Gasteiger partial charge in [-0.3, -0.25) is 4.79 Å². The minimum absolute atomic E-state index is 0.0283. The van der Waals surface area contributed by atoms with E-state index < -0.39 is 5.54 Å². The van der Waals surface area contributed by atoms with Gasteiger partial charge in [-0.15, -0.1) is 0 Å². The molecule has 17 heavy (non-hydrogen) atoms. The van der Waals surface area contributed by atoms with Gasteiger partial charge in [0.05, 0.1) is 5.54 Å². The van der Waals surface area contributed by atoms with Crippen LogP contribution in [-0.4, -0.2) is 17.5 Å². The van der Waals surface area contributed by atoms with Crippen molar-refractivity contribution in [3.8, 4) is 0 Å². The van der Waals surface area contributed by atoms with Crippen molar-refractivity contribution < 1.29 is 4.79 Å². The summed E-state index contributed by atoms with van der Waals surface area (Å²) < 4.78 is 0. The summed E-state index contributed by atoms with van der Waals surface area (Å²) >= 11 is 0. The number of hydrogen-bond acceptors (Lipinski definition) is 2. The third kappa shape index (κ3) is 3.70. The van der Waals surface area contributed by atoms with Gasteiger partial charge in [0.2, 0.25) is 5.91 Å². The van der Waals surface area contributed by atoms with Crippen molar-refractivity contribution in [1.29, 1.82) is 0 Å². The lowest BCUT2D eigenvalue weighted by Gasteiger charge is -2.32. The maximum absolute atomic E-state index is 12.1. The number of carbonyl (C=O) groups excluding carboxylic acids is 1. The molecule has 0 aliphatic heterocycles. The molecule has 1 saturated carbocycles. The molecule has 1 aliphatic carbocycles. The van der Waals surface area contributed by atoms with Gasteiger partial charge in [0.25, 0.3) is 0 Å². The quantitative estimate of drug-likeness (QED) is 0.776. The van der Waals surface area contributed by atoms with Crippen LogP contribution < -0.4 is 11.1 Å². The van der Waals surface area contributed by atoms with Crippen LogP contribution in [0.25, 0.3) is 0 Å². The van der Waals surface area contributed by atoms with Crippen molar-refractivity contribution in [2.75, 3.05) is 0 Å². The van der Waals surface area contributed by atoms with Crippen molar-refractivity contribution >= 4 is 5.91 Å². The van der Waals surface area contributed by atoms with Crippen LogP contribution in [0.15, 0.2) is 0 Å². The van der Waals surface area contributed by atoms with Crippen LogP contribution in [0, 0.1) is 5.92 Å². The molecule has 3 heteroatoms. The fraction of sp³-hybridized carbons (Fsp3) is 0.929. The molecule has 0 aromatic heterocycles. The van der Waals surface area contributed by atoms with Gasteiger partial charge in [0, 0.05) is 6.04 Å². The van der Waals surface area contributed by atoms with Gasteiger partial charge in [-0.25, -0.2) is 0 Å². The summed E-state index contributed by atoms with van der Waals surface area (Å²) in [5, 5.41) is 3.13. The van der Waals surface area contributed by atoms with Crippen LogP contribution in [0.5, 0.6) is 0 Å². The summed E-state index contributed by atoms with van der Waals surface area (Å²) in [5.41, 5.74) is 5.43. The molecule has 0 saturated heterocycles. The Morgan fingerprint density at radius 3 is 2.29 bits per heavy atom. The second kappa shape index (κ2) is 6.39. The number of carbonyl (C=O) groups is 1. The number of amides is 1. The summed E-state index contributed by atoms with van der Waals surface area (Å²) in [5.74, 6) is 0.672. The molecule has 1 fully saturated rings. The van der Waals surface area contributed by atoms with Gasteiger partial charge in [-0.2, -0.15) is 0 Å². The van der Waals surface area contributed by atoms with E-state index in [0.717, 1.165) is 0 Å². The highest BCUT2D eigenvalue weighted by Crippen LogP contribution is 2.26. The fourth-order valence-electron chi connectivity index (χ4n) is 2.67. The Kier molecular flexibility index (Phi) is 5.44. The van der Waals surface area contributed by atoms with Crippen LogP contribution in [0.2, 0.25) is 0 Å². The minimum atomic E-state index is -0.678. The SMILES string of the molecule is CCC(N)(CC)C(=O)N[C@H](C)C1CCCCC1. The zero-order chi connectivity index (χ0) is 12.9. The predicted molar refractivity (Wildman–Crippen MR) is 71.7 cm³/mol. The lowest BCUT2D eigenvalue weighted by molar-refractivity contribution is -0.127. The van der Waals surface area contributed by atoms with Crippen molar-refractivity contribution in [1.82, 2.24) is 5.32 Å². The number of rotatable bonds is 5. The van der Waals surface area contributed by atoms with Crippen LogP contribution in [0.3, 0.4) is 0 Å². The second-order valence-electron chi connectivity index (χ2n) is 5.52. The van der Waals surface area contributed by atoms with E-state index in [0.29, 0.717) is 18.8 Å². The Hall–Kier alpha value is -0.570. The van der Waals surface area contributed by atoms with E-state index >= 15 is 0 Å².